The number of allylic oxidation sites excluding steroid dienone is 5. The van der Waals surface area contributed by atoms with E-state index in [9.17, 15) is 0 Å². The van der Waals surface area contributed by atoms with Gasteiger partial charge in [0.2, 0.25) is 0 Å². The minimum absolute atomic E-state index is 0.527. The fraction of sp³-hybridized carbons (Fsp3) is 0.400. The number of nitrogens with one attached hydrogen (secondary N) is 1. The van der Waals surface area contributed by atoms with Gasteiger partial charge in [0.1, 0.15) is 6.20 Å². The van der Waals surface area contributed by atoms with E-state index in [2.05, 4.69) is 32.0 Å². The molecule has 0 saturated heterocycles. The molecule has 0 radical (unpaired) electrons. The Balaban J connectivity index is 0.00000121. The number of hydrogen-bond donors (Lipinski definition) is 1. The van der Waals surface area contributed by atoms with Crippen LogP contribution >= 0.6 is 0 Å². The Labute approximate surface area is 105 Å². The van der Waals surface area contributed by atoms with Crippen LogP contribution in [0.15, 0.2) is 48.4 Å². The van der Waals surface area contributed by atoms with Crippen LogP contribution in [0.2, 0.25) is 0 Å². The number of nitriles is 1. The van der Waals surface area contributed by atoms with Crippen molar-refractivity contribution in [1.29, 1.82) is 5.26 Å². The molecule has 2 heteroatoms. The van der Waals surface area contributed by atoms with Gasteiger partial charge in [-0.2, -0.15) is 5.26 Å². The second-order valence-corrected chi connectivity index (χ2v) is 3.73. The number of hydrogen-bond acceptors (Lipinski definition) is 1. The first-order valence-corrected chi connectivity index (χ1v) is 6.20. The van der Waals surface area contributed by atoms with Crippen molar-refractivity contribution in [3.05, 3.63) is 48.4 Å². The zero-order valence-electron chi connectivity index (χ0n) is 11.2. The number of unbranched alkanes of at least 4 members (excludes halogenated alkanes) is 1. The standard InChI is InChI=1S/C13H16N2.C2H6/c1-12(10-14)6-4-3-5-8-15-9-7-13(2)11-15;1-2/h4,6-7,9,11H,1,3,5,8H2,2H3;1-2H3/p+1/b6-4+;. The maximum atomic E-state index is 8.47. The summed E-state index contributed by atoms with van der Waals surface area (Å²) in [5.41, 5.74) is 1.86. The summed E-state index contributed by atoms with van der Waals surface area (Å²) in [7, 11) is 0. The van der Waals surface area contributed by atoms with Crippen LogP contribution in [0.4, 0.5) is 0 Å². The lowest BCUT2D eigenvalue weighted by Gasteiger charge is -2.04. The third kappa shape index (κ3) is 7.32. The van der Waals surface area contributed by atoms with Gasteiger partial charge < -0.3 is 0 Å². The van der Waals surface area contributed by atoms with Gasteiger partial charge in [-0.05, 0) is 25.5 Å². The van der Waals surface area contributed by atoms with Gasteiger partial charge in [-0.1, -0.05) is 26.5 Å². The molecular formula is C15H23N2+. The first-order chi connectivity index (χ1) is 8.22. The third-order valence-electron chi connectivity index (χ3n) is 2.27. The SMILES string of the molecule is C=C(C#N)/C=C/CCC[NH+]1C=CC(C)=C1.CC. The summed E-state index contributed by atoms with van der Waals surface area (Å²) in [6.07, 6.45) is 12.5. The Hall–Kier alpha value is -1.59. The maximum Gasteiger partial charge on any atom is 0.102 e. The lowest BCUT2D eigenvalue weighted by molar-refractivity contribution is -0.787. The lowest BCUT2D eigenvalue weighted by atomic mass is 10.2. The quantitative estimate of drug-likeness (QED) is 0.440. The monoisotopic (exact) mass is 231 g/mol. The highest BCUT2D eigenvalue weighted by Gasteiger charge is 2.06. The van der Waals surface area contributed by atoms with E-state index in [0.717, 1.165) is 19.4 Å². The zero-order chi connectivity index (χ0) is 13.1. The molecular weight excluding hydrogens is 208 g/mol. The minimum Gasteiger partial charge on any atom is -0.282 e. The largest absolute Gasteiger partial charge is 0.282 e. The first kappa shape index (κ1) is 15.4. The molecule has 0 saturated carbocycles. The van der Waals surface area contributed by atoms with Crippen LogP contribution in [0, 0.1) is 11.3 Å². The molecule has 0 aliphatic carbocycles. The molecule has 0 bridgehead atoms. The number of nitrogens with zero attached hydrogens (tertiary/aromatic N) is 1. The van der Waals surface area contributed by atoms with Gasteiger partial charge in [0.05, 0.1) is 18.8 Å². The molecule has 1 aliphatic heterocycles. The van der Waals surface area contributed by atoms with Crippen LogP contribution in [-0.2, 0) is 0 Å². The molecule has 0 aromatic heterocycles. The fourth-order valence-electron chi connectivity index (χ4n) is 1.47. The van der Waals surface area contributed by atoms with Crippen molar-refractivity contribution in [1.82, 2.24) is 0 Å². The van der Waals surface area contributed by atoms with E-state index >= 15 is 0 Å². The molecule has 0 aromatic carbocycles. The Morgan fingerprint density at radius 3 is 2.76 bits per heavy atom. The van der Waals surface area contributed by atoms with Gasteiger partial charge in [0.25, 0.3) is 0 Å². The van der Waals surface area contributed by atoms with Crippen LogP contribution < -0.4 is 4.90 Å². The van der Waals surface area contributed by atoms with E-state index in [1.165, 1.54) is 10.5 Å². The van der Waals surface area contributed by atoms with Crippen molar-refractivity contribution in [3.63, 3.8) is 0 Å². The van der Waals surface area contributed by atoms with E-state index in [1.807, 2.05) is 26.0 Å². The smallest absolute Gasteiger partial charge is 0.102 e. The first-order valence-electron chi connectivity index (χ1n) is 6.20. The van der Waals surface area contributed by atoms with Crippen LogP contribution in [0.3, 0.4) is 0 Å². The van der Waals surface area contributed by atoms with E-state index < -0.39 is 0 Å². The van der Waals surface area contributed by atoms with Crippen molar-refractivity contribution in [2.45, 2.75) is 33.6 Å². The zero-order valence-corrected chi connectivity index (χ0v) is 11.2. The normalized spacial score (nSPS) is 17.3. The van der Waals surface area contributed by atoms with Crippen LogP contribution in [-0.4, -0.2) is 6.54 Å². The highest BCUT2D eigenvalue weighted by molar-refractivity contribution is 5.28. The van der Waals surface area contributed by atoms with Crippen molar-refractivity contribution in [2.24, 2.45) is 0 Å². The second kappa shape index (κ2) is 9.62. The Kier molecular flexibility index (Phi) is 8.72. The van der Waals surface area contributed by atoms with Gasteiger partial charge in [-0.15, -0.1) is 0 Å². The van der Waals surface area contributed by atoms with Gasteiger partial charge in [0, 0.05) is 17.6 Å². The molecule has 1 unspecified atom stereocenters. The number of rotatable bonds is 5. The summed E-state index contributed by atoms with van der Waals surface area (Å²) in [6, 6.07) is 2.00. The molecule has 1 heterocycles. The topological polar surface area (TPSA) is 28.2 Å². The molecule has 2 nitrogen and oxygen atoms in total. The summed E-state index contributed by atoms with van der Waals surface area (Å²) in [5.74, 6) is 0. The van der Waals surface area contributed by atoms with Gasteiger partial charge in [0.15, 0.2) is 0 Å². The summed E-state index contributed by atoms with van der Waals surface area (Å²) in [5, 5.41) is 8.47. The second-order valence-electron chi connectivity index (χ2n) is 3.73. The van der Waals surface area contributed by atoms with Crippen molar-refractivity contribution >= 4 is 0 Å². The predicted octanol–water partition coefficient (Wildman–Crippen LogP) is 2.74. The molecule has 1 aliphatic rings. The van der Waals surface area contributed by atoms with Crippen molar-refractivity contribution < 1.29 is 4.90 Å². The number of quaternary nitrogens is 1. The Morgan fingerprint density at radius 1 is 1.53 bits per heavy atom. The van der Waals surface area contributed by atoms with E-state index in [0.29, 0.717) is 5.57 Å². The Bertz CT molecular complexity index is 354. The minimum atomic E-state index is 0.527. The maximum absolute atomic E-state index is 8.47. The molecule has 0 aromatic rings. The molecule has 1 N–H and O–H groups in total. The molecule has 0 fully saturated rings. The van der Waals surface area contributed by atoms with Crippen LogP contribution in [0.1, 0.15) is 33.6 Å². The summed E-state index contributed by atoms with van der Waals surface area (Å²) in [4.78, 5) is 1.40. The highest BCUT2D eigenvalue weighted by Crippen LogP contribution is 1.96. The fourth-order valence-corrected chi connectivity index (χ4v) is 1.47. The molecule has 92 valence electrons. The van der Waals surface area contributed by atoms with E-state index in [1.54, 1.807) is 6.08 Å². The summed E-state index contributed by atoms with van der Waals surface area (Å²) < 4.78 is 0. The van der Waals surface area contributed by atoms with Crippen LogP contribution in [0.25, 0.3) is 0 Å². The summed E-state index contributed by atoms with van der Waals surface area (Å²) >= 11 is 0. The predicted molar refractivity (Wildman–Crippen MR) is 73.2 cm³/mol. The average Bonchev–Trinajstić information content (AvgIpc) is 2.77. The van der Waals surface area contributed by atoms with E-state index in [4.69, 9.17) is 5.26 Å². The van der Waals surface area contributed by atoms with E-state index in [-0.39, 0.29) is 0 Å². The summed E-state index contributed by atoms with van der Waals surface area (Å²) in [6.45, 7) is 10.8. The molecule has 17 heavy (non-hydrogen) atoms. The molecule has 0 amide bonds. The lowest BCUT2D eigenvalue weighted by Crippen LogP contribution is -3.01. The third-order valence-corrected chi connectivity index (χ3v) is 2.27. The molecule has 1 atom stereocenters. The highest BCUT2D eigenvalue weighted by atomic mass is 15.1. The molecule has 1 rings (SSSR count). The van der Waals surface area contributed by atoms with Gasteiger partial charge >= 0.3 is 0 Å². The van der Waals surface area contributed by atoms with Gasteiger partial charge in [-0.25, -0.2) is 0 Å². The van der Waals surface area contributed by atoms with Gasteiger partial charge in [-0.3, -0.25) is 4.90 Å². The Morgan fingerprint density at radius 2 is 2.24 bits per heavy atom. The molecule has 0 spiro atoms. The van der Waals surface area contributed by atoms with Crippen molar-refractivity contribution in [3.8, 4) is 6.07 Å². The van der Waals surface area contributed by atoms with Crippen molar-refractivity contribution in [2.75, 3.05) is 6.54 Å². The average molecular weight is 231 g/mol. The van der Waals surface area contributed by atoms with Crippen LogP contribution in [0.5, 0.6) is 0 Å².